The second-order valence-electron chi connectivity index (χ2n) is 12.1. The van der Waals surface area contributed by atoms with E-state index in [1.54, 1.807) is 0 Å². The first-order valence-electron chi connectivity index (χ1n) is 16.1. The molecule has 0 radical (unpaired) electrons. The highest BCUT2D eigenvalue weighted by Gasteiger charge is 2.26. The summed E-state index contributed by atoms with van der Waals surface area (Å²) in [6.07, 6.45) is 0. The molecule has 10 rings (SSSR count). The highest BCUT2D eigenvalue weighted by Crippen LogP contribution is 2.44. The monoisotopic (exact) mass is 614 g/mol. The molecule has 0 saturated heterocycles. The van der Waals surface area contributed by atoms with E-state index in [-0.39, 0.29) is 5.56 Å². The van der Waals surface area contributed by atoms with Crippen molar-refractivity contribution in [2.45, 2.75) is 0 Å². The van der Waals surface area contributed by atoms with Crippen molar-refractivity contribution in [2.75, 3.05) is 0 Å². The van der Waals surface area contributed by atoms with Crippen LogP contribution in [0, 0.1) is 0 Å². The lowest BCUT2D eigenvalue weighted by molar-refractivity contribution is 1.05. The molecule has 10 aromatic rings. The Bertz CT molecular complexity index is 2960. The number of pyridine rings is 1. The van der Waals surface area contributed by atoms with E-state index in [9.17, 15) is 0 Å². The van der Waals surface area contributed by atoms with Crippen LogP contribution in [0.25, 0.3) is 88.0 Å². The molecular formula is C43H26N4O. The minimum Gasteiger partial charge on any atom is -0.291 e. The van der Waals surface area contributed by atoms with Crippen molar-refractivity contribution < 1.29 is 0 Å². The van der Waals surface area contributed by atoms with E-state index in [1.165, 1.54) is 0 Å². The van der Waals surface area contributed by atoms with Gasteiger partial charge in [-0.1, -0.05) is 121 Å². The molecule has 0 bridgehead atoms. The number of aromatic nitrogens is 4. The molecule has 7 aromatic carbocycles. The van der Waals surface area contributed by atoms with Crippen LogP contribution in [0.15, 0.2) is 163 Å². The number of para-hydroxylation sites is 5. The van der Waals surface area contributed by atoms with Crippen molar-refractivity contribution in [3.8, 4) is 22.8 Å². The van der Waals surface area contributed by atoms with Gasteiger partial charge in [-0.15, -0.1) is 0 Å². The van der Waals surface area contributed by atoms with E-state index >= 15 is 4.79 Å². The van der Waals surface area contributed by atoms with Crippen LogP contribution in [0.3, 0.4) is 0 Å². The molecule has 0 fully saturated rings. The van der Waals surface area contributed by atoms with Crippen LogP contribution < -0.4 is 5.56 Å². The number of benzene rings is 7. The first kappa shape index (κ1) is 26.6. The Hall–Kier alpha value is -6.59. The van der Waals surface area contributed by atoms with Gasteiger partial charge in [0, 0.05) is 32.8 Å². The van der Waals surface area contributed by atoms with Gasteiger partial charge in [0.25, 0.3) is 5.56 Å². The molecule has 5 heteroatoms. The largest absolute Gasteiger partial charge is 0.291 e. The first-order chi connectivity index (χ1) is 23.8. The smallest absolute Gasteiger partial charge is 0.265 e. The van der Waals surface area contributed by atoms with E-state index in [1.807, 2.05) is 89.5 Å². The number of fused-ring (bicyclic) bond motifs is 11. The van der Waals surface area contributed by atoms with Crippen LogP contribution in [-0.2, 0) is 0 Å². The zero-order chi connectivity index (χ0) is 31.8. The molecule has 0 atom stereocenters. The molecule has 0 aliphatic rings. The van der Waals surface area contributed by atoms with Crippen molar-refractivity contribution in [2.24, 2.45) is 0 Å². The fourth-order valence-corrected chi connectivity index (χ4v) is 7.50. The van der Waals surface area contributed by atoms with Gasteiger partial charge in [-0.3, -0.25) is 13.9 Å². The average Bonchev–Trinajstić information content (AvgIpc) is 3.50. The predicted octanol–water partition coefficient (Wildman–Crippen LogP) is 10.0. The highest BCUT2D eigenvalue weighted by atomic mass is 16.1. The van der Waals surface area contributed by atoms with Crippen molar-refractivity contribution >= 4 is 65.3 Å². The van der Waals surface area contributed by atoms with E-state index in [4.69, 9.17) is 9.97 Å². The van der Waals surface area contributed by atoms with Crippen LogP contribution >= 0.6 is 0 Å². The minimum absolute atomic E-state index is 0.0790. The van der Waals surface area contributed by atoms with E-state index in [0.717, 1.165) is 76.8 Å². The van der Waals surface area contributed by atoms with Gasteiger partial charge >= 0.3 is 0 Å². The zero-order valence-corrected chi connectivity index (χ0v) is 25.7. The van der Waals surface area contributed by atoms with Gasteiger partial charge in [0.15, 0.2) is 5.82 Å². The summed E-state index contributed by atoms with van der Waals surface area (Å²) in [7, 11) is 0. The quantitative estimate of drug-likeness (QED) is 0.186. The summed E-state index contributed by atoms with van der Waals surface area (Å²) >= 11 is 0. The molecule has 5 nitrogen and oxygen atoms in total. The minimum atomic E-state index is -0.0790. The number of rotatable bonds is 3. The molecule has 0 N–H and O–H groups in total. The first-order valence-corrected chi connectivity index (χ1v) is 16.1. The van der Waals surface area contributed by atoms with Gasteiger partial charge in [0.05, 0.1) is 33.0 Å². The highest BCUT2D eigenvalue weighted by molar-refractivity contribution is 6.35. The van der Waals surface area contributed by atoms with Gasteiger partial charge in [-0.05, 0) is 47.2 Å². The molecule has 224 valence electrons. The lowest BCUT2D eigenvalue weighted by Gasteiger charge is -2.18. The normalized spacial score (nSPS) is 11.8. The van der Waals surface area contributed by atoms with Crippen molar-refractivity contribution in [1.82, 2.24) is 19.1 Å². The molecule has 0 unspecified atom stereocenters. The maximum absolute atomic E-state index is 15.3. The number of hydrogen-bond donors (Lipinski definition) is 0. The molecule has 3 aromatic heterocycles. The Morgan fingerprint density at radius 1 is 0.417 bits per heavy atom. The molecule has 3 heterocycles. The molecule has 0 aliphatic carbocycles. The van der Waals surface area contributed by atoms with Crippen molar-refractivity contribution in [1.29, 1.82) is 0 Å². The number of hydrogen-bond acceptors (Lipinski definition) is 3. The van der Waals surface area contributed by atoms with E-state index in [2.05, 4.69) is 77.4 Å². The Labute approximate surface area is 274 Å². The van der Waals surface area contributed by atoms with Gasteiger partial charge in [0.1, 0.15) is 5.69 Å². The summed E-state index contributed by atoms with van der Waals surface area (Å²) in [6.45, 7) is 0. The Morgan fingerprint density at radius 2 is 0.917 bits per heavy atom. The summed E-state index contributed by atoms with van der Waals surface area (Å²) in [5.74, 6) is 0.682. The van der Waals surface area contributed by atoms with E-state index in [0.29, 0.717) is 11.2 Å². The third-order valence-corrected chi connectivity index (χ3v) is 9.48. The Morgan fingerprint density at radius 3 is 1.60 bits per heavy atom. The van der Waals surface area contributed by atoms with Gasteiger partial charge in [-0.2, -0.15) is 0 Å². The Kier molecular flexibility index (Phi) is 5.66. The fourth-order valence-electron chi connectivity index (χ4n) is 7.50. The van der Waals surface area contributed by atoms with Crippen LogP contribution in [0.1, 0.15) is 0 Å². The van der Waals surface area contributed by atoms with Gasteiger partial charge in [-0.25, -0.2) is 9.97 Å². The molecule has 0 amide bonds. The maximum Gasteiger partial charge on any atom is 0.265 e. The zero-order valence-electron chi connectivity index (χ0n) is 25.7. The summed E-state index contributed by atoms with van der Waals surface area (Å²) in [6, 6.07) is 53.2. The standard InChI is InChI=1S/C43H26N4O/c48-43-39-37(31-21-9-13-25-35(31)46(43)28-17-5-2-6-18-28)29-19-7-8-20-30(29)38-32-22-10-14-26-36(32)47(41(38)39)42-40(27-15-3-1-4-16-27)44-33-23-11-12-24-34(33)45-42/h1-26H. The Balaban J connectivity index is 1.53. The molecule has 0 spiro atoms. The fraction of sp³-hybridized carbons (Fsp3) is 0. The second kappa shape index (κ2) is 10.2. The van der Waals surface area contributed by atoms with Crippen LogP contribution in [0.5, 0.6) is 0 Å². The summed E-state index contributed by atoms with van der Waals surface area (Å²) in [4.78, 5) is 25.9. The number of nitrogens with zero attached hydrogens (tertiary/aromatic N) is 4. The molecule has 48 heavy (non-hydrogen) atoms. The summed E-state index contributed by atoms with van der Waals surface area (Å²) in [5.41, 5.74) is 6.70. The molecule has 0 saturated carbocycles. The second-order valence-corrected chi connectivity index (χ2v) is 12.1. The third kappa shape index (κ3) is 3.70. The van der Waals surface area contributed by atoms with Crippen LogP contribution in [0.4, 0.5) is 0 Å². The average molecular weight is 615 g/mol. The van der Waals surface area contributed by atoms with Crippen LogP contribution in [-0.4, -0.2) is 19.1 Å². The lowest BCUT2D eigenvalue weighted by atomic mass is 9.94. The summed E-state index contributed by atoms with van der Waals surface area (Å²) in [5, 5.41) is 6.81. The van der Waals surface area contributed by atoms with Crippen molar-refractivity contribution in [3.05, 3.63) is 168 Å². The van der Waals surface area contributed by atoms with Crippen LogP contribution in [0.2, 0.25) is 0 Å². The van der Waals surface area contributed by atoms with Gasteiger partial charge in [0.2, 0.25) is 0 Å². The molecular weight excluding hydrogens is 589 g/mol. The molecule has 0 aliphatic heterocycles. The van der Waals surface area contributed by atoms with Gasteiger partial charge < -0.3 is 0 Å². The third-order valence-electron chi connectivity index (χ3n) is 9.48. The maximum atomic E-state index is 15.3. The van der Waals surface area contributed by atoms with Crippen molar-refractivity contribution in [3.63, 3.8) is 0 Å². The SMILES string of the molecule is O=c1c2c(c3ccccc3c3c4ccccc4n(-c4nc5ccccc5nc4-c4ccccc4)c23)c2ccccc2n1-c1ccccc1. The lowest BCUT2D eigenvalue weighted by Crippen LogP contribution is -2.20. The predicted molar refractivity (Wildman–Crippen MR) is 197 cm³/mol. The topological polar surface area (TPSA) is 52.7 Å². The summed E-state index contributed by atoms with van der Waals surface area (Å²) < 4.78 is 4.05. The van der Waals surface area contributed by atoms with E-state index < -0.39 is 0 Å².